The van der Waals surface area contributed by atoms with E-state index in [-0.39, 0.29) is 11.8 Å². The van der Waals surface area contributed by atoms with Crippen LogP contribution in [0.3, 0.4) is 0 Å². The van der Waals surface area contributed by atoms with Gasteiger partial charge in [-0.15, -0.1) is 0 Å². The number of oxazole rings is 1. The first-order valence-corrected chi connectivity index (χ1v) is 11.7. The molecule has 9 heteroatoms. The normalized spacial score (nSPS) is 16.8. The summed E-state index contributed by atoms with van der Waals surface area (Å²) in [6.45, 7) is 4.08. The summed E-state index contributed by atoms with van der Waals surface area (Å²) < 4.78 is 6.16. The molecule has 6 rings (SSSR count). The maximum atomic E-state index is 12.3. The Balaban J connectivity index is 1.39. The van der Waals surface area contributed by atoms with E-state index in [1.165, 1.54) is 0 Å². The molecule has 0 spiro atoms. The molecule has 1 aromatic carbocycles. The summed E-state index contributed by atoms with van der Waals surface area (Å²) in [5.41, 5.74) is 3.46. The van der Waals surface area contributed by atoms with Crippen LogP contribution in [0.25, 0.3) is 33.3 Å². The molecule has 9 nitrogen and oxygen atoms in total. The quantitative estimate of drug-likeness (QED) is 0.469. The number of likely N-dealkylation sites (N-methyl/N-ethyl adjacent to an activating group) is 1. The van der Waals surface area contributed by atoms with E-state index in [1.54, 1.807) is 12.4 Å². The van der Waals surface area contributed by atoms with Gasteiger partial charge >= 0.3 is 0 Å². The number of piperazine rings is 1. The van der Waals surface area contributed by atoms with Gasteiger partial charge in [0.25, 0.3) is 0 Å². The van der Waals surface area contributed by atoms with E-state index < -0.39 is 0 Å². The Morgan fingerprint density at radius 2 is 1.88 bits per heavy atom. The first kappa shape index (κ1) is 20.9. The van der Waals surface area contributed by atoms with Gasteiger partial charge in [0.2, 0.25) is 11.8 Å². The summed E-state index contributed by atoms with van der Waals surface area (Å²) in [6.07, 6.45) is 5.37. The van der Waals surface area contributed by atoms with Gasteiger partial charge in [-0.05, 0) is 44.2 Å². The molecular weight excluding hydrogens is 430 g/mol. The zero-order valence-corrected chi connectivity index (χ0v) is 19.3. The summed E-state index contributed by atoms with van der Waals surface area (Å²) in [5, 5.41) is 7.75. The zero-order valence-electron chi connectivity index (χ0n) is 19.3. The van der Waals surface area contributed by atoms with Crippen LogP contribution >= 0.6 is 0 Å². The number of carbonyl (C=O) groups is 1. The SMILES string of the molecule is CNc1ncc(-c2nc3cc(N4CCN(C)CC4)ccc3o2)c2cc(NC(=O)C3CC3)ncc12. The van der Waals surface area contributed by atoms with Crippen molar-refractivity contribution >= 4 is 45.1 Å². The third-order valence-corrected chi connectivity index (χ3v) is 6.68. The number of fused-ring (bicyclic) bond motifs is 2. The third-order valence-electron chi connectivity index (χ3n) is 6.68. The van der Waals surface area contributed by atoms with Gasteiger partial charge in [0.05, 0.1) is 5.56 Å². The second-order valence-corrected chi connectivity index (χ2v) is 9.11. The van der Waals surface area contributed by atoms with Crippen molar-refractivity contribution in [2.75, 3.05) is 55.8 Å². The Morgan fingerprint density at radius 1 is 1.06 bits per heavy atom. The first-order valence-electron chi connectivity index (χ1n) is 11.7. The number of pyridine rings is 2. The highest BCUT2D eigenvalue weighted by Gasteiger charge is 2.30. The number of rotatable bonds is 5. The van der Waals surface area contributed by atoms with Crippen LogP contribution in [0.5, 0.6) is 0 Å². The van der Waals surface area contributed by atoms with Gasteiger partial charge in [0.15, 0.2) is 5.58 Å². The molecule has 0 unspecified atom stereocenters. The van der Waals surface area contributed by atoms with Crippen LogP contribution in [-0.2, 0) is 4.79 Å². The molecule has 2 N–H and O–H groups in total. The molecule has 0 atom stereocenters. The lowest BCUT2D eigenvalue weighted by atomic mass is 10.1. The molecule has 174 valence electrons. The van der Waals surface area contributed by atoms with Crippen LogP contribution in [0, 0.1) is 5.92 Å². The number of nitrogens with zero attached hydrogens (tertiary/aromatic N) is 5. The fourth-order valence-electron chi connectivity index (χ4n) is 4.44. The molecule has 4 aromatic rings. The monoisotopic (exact) mass is 457 g/mol. The van der Waals surface area contributed by atoms with Crippen molar-refractivity contribution in [2.45, 2.75) is 12.8 Å². The Morgan fingerprint density at radius 3 is 2.65 bits per heavy atom. The molecule has 1 aliphatic heterocycles. The predicted molar refractivity (Wildman–Crippen MR) is 133 cm³/mol. The summed E-state index contributed by atoms with van der Waals surface area (Å²) in [7, 11) is 3.98. The first-order chi connectivity index (χ1) is 16.6. The zero-order chi connectivity index (χ0) is 23.2. The van der Waals surface area contributed by atoms with E-state index in [0.717, 1.165) is 72.1 Å². The van der Waals surface area contributed by atoms with Crippen LogP contribution in [0.1, 0.15) is 12.8 Å². The van der Waals surface area contributed by atoms with Crippen molar-refractivity contribution in [1.29, 1.82) is 0 Å². The summed E-state index contributed by atoms with van der Waals surface area (Å²) in [5.74, 6) is 1.85. The summed E-state index contributed by atoms with van der Waals surface area (Å²) >= 11 is 0. The van der Waals surface area contributed by atoms with Crippen molar-refractivity contribution in [3.8, 4) is 11.5 Å². The molecule has 1 amide bonds. The molecular formula is C25H27N7O2. The van der Waals surface area contributed by atoms with Gasteiger partial charge in [-0.2, -0.15) is 0 Å². The molecule has 34 heavy (non-hydrogen) atoms. The van der Waals surface area contributed by atoms with Crippen LogP contribution in [-0.4, -0.2) is 66.0 Å². The van der Waals surface area contributed by atoms with Gasteiger partial charge in [-0.1, -0.05) is 0 Å². The molecule has 1 saturated carbocycles. The Kier molecular flexibility index (Phi) is 5.06. The average Bonchev–Trinajstić information content (AvgIpc) is 3.63. The van der Waals surface area contributed by atoms with Gasteiger partial charge in [-0.3, -0.25) is 4.79 Å². The number of nitrogens with one attached hydrogen (secondary N) is 2. The minimum atomic E-state index is 0.0228. The second-order valence-electron chi connectivity index (χ2n) is 9.11. The van der Waals surface area contributed by atoms with Crippen molar-refractivity contribution < 1.29 is 9.21 Å². The standard InChI is InChI=1S/C25H27N7O2/c1-26-23-18-13-27-22(30-24(33)15-3-4-15)12-17(18)19(14-28-23)25-29-20-11-16(5-6-21(20)34-25)32-9-7-31(2)8-10-32/h5-6,11-15H,3-4,7-10H2,1-2H3,(H,26,28)(H,27,30,33). The van der Waals surface area contributed by atoms with E-state index in [4.69, 9.17) is 9.40 Å². The van der Waals surface area contributed by atoms with Gasteiger partial charge < -0.3 is 24.9 Å². The van der Waals surface area contributed by atoms with Crippen LogP contribution < -0.4 is 15.5 Å². The minimum absolute atomic E-state index is 0.0228. The molecule has 1 saturated heterocycles. The Bertz CT molecular complexity index is 1390. The Labute approximate surface area is 197 Å². The van der Waals surface area contributed by atoms with E-state index in [9.17, 15) is 4.79 Å². The van der Waals surface area contributed by atoms with Crippen molar-refractivity contribution in [2.24, 2.45) is 5.92 Å². The highest BCUT2D eigenvalue weighted by atomic mass is 16.3. The van der Waals surface area contributed by atoms with E-state index in [1.807, 2.05) is 19.2 Å². The molecule has 2 fully saturated rings. The Hall–Kier alpha value is -3.72. The third kappa shape index (κ3) is 3.81. The maximum absolute atomic E-state index is 12.3. The molecule has 0 radical (unpaired) electrons. The van der Waals surface area contributed by atoms with Crippen LogP contribution in [0.15, 0.2) is 41.1 Å². The molecule has 2 aliphatic rings. The van der Waals surface area contributed by atoms with Gasteiger partial charge in [-0.25, -0.2) is 15.0 Å². The highest BCUT2D eigenvalue weighted by Crippen LogP contribution is 2.35. The van der Waals surface area contributed by atoms with Crippen molar-refractivity contribution in [3.05, 3.63) is 36.7 Å². The number of hydrogen-bond acceptors (Lipinski definition) is 8. The van der Waals surface area contributed by atoms with Crippen molar-refractivity contribution in [3.63, 3.8) is 0 Å². The van der Waals surface area contributed by atoms with Gasteiger partial charge in [0, 0.05) is 68.0 Å². The lowest BCUT2D eigenvalue weighted by Crippen LogP contribution is -2.44. The molecule has 4 heterocycles. The largest absolute Gasteiger partial charge is 0.436 e. The van der Waals surface area contributed by atoms with E-state index in [0.29, 0.717) is 17.5 Å². The lowest BCUT2D eigenvalue weighted by Gasteiger charge is -2.33. The highest BCUT2D eigenvalue weighted by molar-refractivity contribution is 6.03. The van der Waals surface area contributed by atoms with Crippen LogP contribution in [0.4, 0.5) is 17.3 Å². The molecule has 1 aliphatic carbocycles. The molecule has 0 bridgehead atoms. The van der Waals surface area contributed by atoms with Crippen LogP contribution in [0.2, 0.25) is 0 Å². The maximum Gasteiger partial charge on any atom is 0.229 e. The number of aromatic nitrogens is 3. The molecule has 3 aromatic heterocycles. The smallest absolute Gasteiger partial charge is 0.229 e. The fraction of sp³-hybridized carbons (Fsp3) is 0.360. The number of benzene rings is 1. The fourth-order valence-corrected chi connectivity index (χ4v) is 4.44. The number of anilines is 3. The van der Waals surface area contributed by atoms with E-state index in [2.05, 4.69) is 49.6 Å². The number of hydrogen-bond donors (Lipinski definition) is 2. The summed E-state index contributed by atoms with van der Waals surface area (Å²) in [4.78, 5) is 30.8. The van der Waals surface area contributed by atoms with Gasteiger partial charge in [0.1, 0.15) is 17.2 Å². The topological polar surface area (TPSA) is 99.4 Å². The number of amides is 1. The lowest BCUT2D eigenvalue weighted by molar-refractivity contribution is -0.117. The van der Waals surface area contributed by atoms with Crippen molar-refractivity contribution in [1.82, 2.24) is 19.9 Å². The number of carbonyl (C=O) groups excluding carboxylic acids is 1. The van der Waals surface area contributed by atoms with E-state index >= 15 is 0 Å². The predicted octanol–water partition coefficient (Wildman–Crippen LogP) is 3.58. The second kappa shape index (κ2) is 8.25. The minimum Gasteiger partial charge on any atom is -0.436 e. The summed E-state index contributed by atoms with van der Waals surface area (Å²) in [6, 6.07) is 8.05. The average molecular weight is 458 g/mol.